The largest absolute Gasteiger partial charge is 0.383 e. The number of ether oxygens (including phenoxy) is 1. The molecule has 1 amide bonds. The van der Waals surface area contributed by atoms with Crippen LogP contribution in [0.4, 0.5) is 11.5 Å². The molecule has 1 aromatic carbocycles. The van der Waals surface area contributed by atoms with Gasteiger partial charge in [0.25, 0.3) is 5.91 Å². The first-order chi connectivity index (χ1) is 11.4. The summed E-state index contributed by atoms with van der Waals surface area (Å²) >= 11 is 0. The fraction of sp³-hybridized carbons (Fsp3) is 0.389. The van der Waals surface area contributed by atoms with Crippen LogP contribution in [0.1, 0.15) is 36.8 Å². The lowest BCUT2D eigenvalue weighted by atomic mass is 9.87. The maximum atomic E-state index is 12.2. The van der Waals surface area contributed by atoms with E-state index in [4.69, 9.17) is 4.74 Å². The first-order valence-electron chi connectivity index (χ1n) is 7.88. The number of hydrogen-bond acceptors (Lipinski definition) is 5. The van der Waals surface area contributed by atoms with E-state index in [-0.39, 0.29) is 17.0 Å². The minimum atomic E-state index is -0.283. The summed E-state index contributed by atoms with van der Waals surface area (Å²) in [6.45, 7) is 7.67. The van der Waals surface area contributed by atoms with Crippen molar-refractivity contribution < 1.29 is 9.53 Å². The predicted octanol–water partition coefficient (Wildman–Crippen LogP) is 3.08. The highest BCUT2D eigenvalue weighted by molar-refractivity contribution is 6.02. The van der Waals surface area contributed by atoms with Gasteiger partial charge in [-0.15, -0.1) is 10.2 Å². The van der Waals surface area contributed by atoms with Gasteiger partial charge in [-0.1, -0.05) is 32.9 Å². The minimum Gasteiger partial charge on any atom is -0.383 e. The van der Waals surface area contributed by atoms with Gasteiger partial charge < -0.3 is 15.4 Å². The molecule has 1 aromatic heterocycles. The lowest BCUT2D eigenvalue weighted by Gasteiger charge is -2.19. The number of methoxy groups -OCH3 is 1. The molecule has 0 saturated heterocycles. The number of hydrogen-bond donors (Lipinski definition) is 2. The Morgan fingerprint density at radius 3 is 2.33 bits per heavy atom. The fourth-order valence-electron chi connectivity index (χ4n) is 2.08. The highest BCUT2D eigenvalue weighted by Crippen LogP contribution is 2.23. The molecule has 0 aliphatic carbocycles. The maximum absolute atomic E-state index is 12.2. The van der Waals surface area contributed by atoms with E-state index < -0.39 is 0 Å². The quantitative estimate of drug-likeness (QED) is 0.797. The van der Waals surface area contributed by atoms with Crippen molar-refractivity contribution in [3.63, 3.8) is 0 Å². The lowest BCUT2D eigenvalue weighted by molar-refractivity contribution is 0.102. The molecule has 0 aliphatic heterocycles. The summed E-state index contributed by atoms with van der Waals surface area (Å²) in [4.78, 5) is 12.2. The Balaban J connectivity index is 1.96. The van der Waals surface area contributed by atoms with Crippen molar-refractivity contribution in [1.29, 1.82) is 0 Å². The van der Waals surface area contributed by atoms with Crippen LogP contribution >= 0.6 is 0 Å². The number of rotatable bonds is 6. The van der Waals surface area contributed by atoms with Crippen molar-refractivity contribution in [1.82, 2.24) is 10.2 Å². The molecule has 2 N–H and O–H groups in total. The maximum Gasteiger partial charge on any atom is 0.276 e. The number of aromatic nitrogens is 2. The van der Waals surface area contributed by atoms with Crippen LogP contribution < -0.4 is 10.6 Å². The average molecular weight is 328 g/mol. The van der Waals surface area contributed by atoms with Crippen LogP contribution in [0.5, 0.6) is 0 Å². The van der Waals surface area contributed by atoms with Crippen LogP contribution in [0.15, 0.2) is 36.4 Å². The van der Waals surface area contributed by atoms with Gasteiger partial charge in [-0.2, -0.15) is 0 Å². The smallest absolute Gasteiger partial charge is 0.276 e. The van der Waals surface area contributed by atoms with E-state index in [1.165, 1.54) is 5.56 Å². The lowest BCUT2D eigenvalue weighted by Crippen LogP contribution is -2.16. The van der Waals surface area contributed by atoms with Gasteiger partial charge in [-0.05, 0) is 35.2 Å². The molecule has 24 heavy (non-hydrogen) atoms. The normalized spacial score (nSPS) is 11.2. The molecule has 2 rings (SSSR count). The zero-order valence-electron chi connectivity index (χ0n) is 14.6. The second-order valence-corrected chi connectivity index (χ2v) is 6.50. The van der Waals surface area contributed by atoms with Gasteiger partial charge in [0.1, 0.15) is 5.82 Å². The van der Waals surface area contributed by atoms with Gasteiger partial charge in [0.05, 0.1) is 6.61 Å². The topological polar surface area (TPSA) is 76.1 Å². The van der Waals surface area contributed by atoms with Crippen LogP contribution in [0.25, 0.3) is 0 Å². The highest BCUT2D eigenvalue weighted by atomic mass is 16.5. The summed E-state index contributed by atoms with van der Waals surface area (Å²) in [5, 5.41) is 13.8. The molecule has 1 heterocycles. The Bertz CT molecular complexity index is 661. The molecule has 6 heteroatoms. The Hall–Kier alpha value is -2.47. The van der Waals surface area contributed by atoms with E-state index in [1.54, 1.807) is 19.2 Å². The molecule has 128 valence electrons. The zero-order valence-corrected chi connectivity index (χ0v) is 14.6. The molecule has 0 atom stereocenters. The Morgan fingerprint density at radius 1 is 1.08 bits per heavy atom. The van der Waals surface area contributed by atoms with Crippen molar-refractivity contribution >= 4 is 17.4 Å². The second kappa shape index (κ2) is 7.88. The van der Waals surface area contributed by atoms with Crippen molar-refractivity contribution in [2.75, 3.05) is 30.9 Å². The Morgan fingerprint density at radius 2 is 1.79 bits per heavy atom. The van der Waals surface area contributed by atoms with Gasteiger partial charge in [-0.25, -0.2) is 0 Å². The summed E-state index contributed by atoms with van der Waals surface area (Å²) in [7, 11) is 1.63. The summed E-state index contributed by atoms with van der Waals surface area (Å²) in [6, 6.07) is 11.2. The molecule has 0 bridgehead atoms. The van der Waals surface area contributed by atoms with E-state index in [0.717, 1.165) is 5.69 Å². The summed E-state index contributed by atoms with van der Waals surface area (Å²) < 4.78 is 4.95. The fourth-order valence-corrected chi connectivity index (χ4v) is 2.08. The summed E-state index contributed by atoms with van der Waals surface area (Å²) in [5.74, 6) is 0.326. The Labute approximate surface area is 142 Å². The summed E-state index contributed by atoms with van der Waals surface area (Å²) in [6.07, 6.45) is 0. The molecule has 0 saturated carbocycles. The number of anilines is 2. The highest BCUT2D eigenvalue weighted by Gasteiger charge is 2.14. The number of benzene rings is 1. The van der Waals surface area contributed by atoms with E-state index in [1.807, 2.05) is 24.3 Å². The summed E-state index contributed by atoms with van der Waals surface area (Å²) in [5.41, 5.74) is 2.30. The van der Waals surface area contributed by atoms with Crippen LogP contribution in [0.2, 0.25) is 0 Å². The van der Waals surface area contributed by atoms with Crippen molar-refractivity contribution in [3.05, 3.63) is 47.7 Å². The predicted molar refractivity (Wildman–Crippen MR) is 95.5 cm³/mol. The first kappa shape index (κ1) is 17.9. The Kier molecular flexibility index (Phi) is 5.87. The molecule has 0 unspecified atom stereocenters. The third-order valence-electron chi connectivity index (χ3n) is 3.52. The molecule has 6 nitrogen and oxygen atoms in total. The average Bonchev–Trinajstić information content (AvgIpc) is 2.55. The minimum absolute atomic E-state index is 0.0830. The van der Waals surface area contributed by atoms with Gasteiger partial charge in [0, 0.05) is 19.3 Å². The van der Waals surface area contributed by atoms with Gasteiger partial charge >= 0.3 is 0 Å². The number of amides is 1. The number of nitrogens with one attached hydrogen (secondary N) is 2. The molecule has 0 radical (unpaired) electrons. The molecule has 0 fully saturated rings. The van der Waals surface area contributed by atoms with E-state index in [9.17, 15) is 4.79 Å². The van der Waals surface area contributed by atoms with Crippen molar-refractivity contribution in [3.8, 4) is 0 Å². The SMILES string of the molecule is COCCNc1ccc(C(=O)Nc2ccc(C(C)(C)C)cc2)nn1. The van der Waals surface area contributed by atoms with Crippen LogP contribution in [-0.2, 0) is 10.2 Å². The second-order valence-electron chi connectivity index (χ2n) is 6.50. The molecular weight excluding hydrogens is 304 g/mol. The number of carbonyl (C=O) groups excluding carboxylic acids is 1. The molecule has 2 aromatic rings. The van der Waals surface area contributed by atoms with E-state index >= 15 is 0 Å². The zero-order chi connectivity index (χ0) is 17.6. The first-order valence-corrected chi connectivity index (χ1v) is 7.88. The van der Waals surface area contributed by atoms with Crippen LogP contribution in [0.3, 0.4) is 0 Å². The monoisotopic (exact) mass is 328 g/mol. The van der Waals surface area contributed by atoms with Crippen molar-refractivity contribution in [2.45, 2.75) is 26.2 Å². The molecule has 0 spiro atoms. The van der Waals surface area contributed by atoms with Gasteiger partial charge in [0.15, 0.2) is 5.69 Å². The molecular formula is C18H24N4O2. The van der Waals surface area contributed by atoms with Crippen LogP contribution in [-0.4, -0.2) is 36.4 Å². The van der Waals surface area contributed by atoms with Crippen LogP contribution in [0, 0.1) is 0 Å². The van der Waals surface area contributed by atoms with E-state index in [0.29, 0.717) is 19.0 Å². The van der Waals surface area contributed by atoms with Gasteiger partial charge in [-0.3, -0.25) is 4.79 Å². The number of nitrogens with zero attached hydrogens (tertiary/aromatic N) is 2. The molecule has 0 aliphatic rings. The third-order valence-corrected chi connectivity index (χ3v) is 3.52. The third kappa shape index (κ3) is 5.03. The number of carbonyl (C=O) groups is 1. The van der Waals surface area contributed by atoms with Gasteiger partial charge in [0.2, 0.25) is 0 Å². The standard InChI is InChI=1S/C18H24N4O2/c1-18(2,3)13-5-7-14(8-6-13)20-17(23)15-9-10-16(22-21-15)19-11-12-24-4/h5-10H,11-12H2,1-4H3,(H,19,22)(H,20,23). The van der Waals surface area contributed by atoms with Crippen molar-refractivity contribution in [2.24, 2.45) is 0 Å². The van der Waals surface area contributed by atoms with E-state index in [2.05, 4.69) is 41.6 Å².